The Labute approximate surface area is 168 Å². The zero-order valence-corrected chi connectivity index (χ0v) is 17.2. The molecule has 152 valence electrons. The number of carbonyl (C=O) groups is 2. The fourth-order valence-electron chi connectivity index (χ4n) is 2.73. The van der Waals surface area contributed by atoms with E-state index in [1.807, 2.05) is 19.1 Å². The molecule has 2 amide bonds. The van der Waals surface area contributed by atoms with Gasteiger partial charge in [-0.3, -0.25) is 9.59 Å². The Hall–Kier alpha value is -2.52. The van der Waals surface area contributed by atoms with E-state index in [0.29, 0.717) is 22.8 Å². The second-order valence-electron chi connectivity index (χ2n) is 6.03. The maximum Gasteiger partial charge on any atom is 0.243 e. The first kappa shape index (κ1) is 21.8. The van der Waals surface area contributed by atoms with Crippen molar-refractivity contribution >= 4 is 34.5 Å². The number of pyridine rings is 1. The van der Waals surface area contributed by atoms with E-state index in [4.69, 9.17) is 14.6 Å². The molecule has 1 atom stereocenters. The van der Waals surface area contributed by atoms with Gasteiger partial charge < -0.3 is 25.2 Å². The average Bonchev–Trinajstić information content (AvgIpc) is 2.67. The van der Waals surface area contributed by atoms with Gasteiger partial charge in [0.2, 0.25) is 11.8 Å². The molecule has 0 saturated heterocycles. The van der Waals surface area contributed by atoms with Gasteiger partial charge in [-0.1, -0.05) is 0 Å². The van der Waals surface area contributed by atoms with Crippen molar-refractivity contribution in [1.82, 2.24) is 15.6 Å². The van der Waals surface area contributed by atoms with Crippen molar-refractivity contribution in [3.8, 4) is 11.5 Å². The Balaban J connectivity index is 2.38. The predicted octanol–water partition coefficient (Wildman–Crippen LogP) is 1.27. The SMILES string of the molecule is COc1ccc(OC)c2c(SCC(NC(C)=O)C(=O)NCCO)cc(C)nc12. The summed E-state index contributed by atoms with van der Waals surface area (Å²) in [5.41, 5.74) is 1.47. The van der Waals surface area contributed by atoms with E-state index in [-0.39, 0.29) is 25.0 Å². The van der Waals surface area contributed by atoms with Crippen LogP contribution in [0, 0.1) is 6.92 Å². The number of rotatable bonds is 9. The van der Waals surface area contributed by atoms with Crippen molar-refractivity contribution in [2.45, 2.75) is 24.8 Å². The van der Waals surface area contributed by atoms with Gasteiger partial charge in [0.15, 0.2) is 0 Å². The van der Waals surface area contributed by atoms with Gasteiger partial charge in [-0.2, -0.15) is 0 Å². The van der Waals surface area contributed by atoms with Crippen molar-refractivity contribution in [1.29, 1.82) is 0 Å². The number of thioether (sulfide) groups is 1. The van der Waals surface area contributed by atoms with E-state index < -0.39 is 6.04 Å². The first-order valence-electron chi connectivity index (χ1n) is 8.72. The number of aromatic nitrogens is 1. The Morgan fingerprint density at radius 1 is 1.25 bits per heavy atom. The summed E-state index contributed by atoms with van der Waals surface area (Å²) in [5, 5.41) is 14.9. The Kier molecular flexibility index (Phi) is 7.89. The molecule has 8 nitrogen and oxygen atoms in total. The number of carbonyl (C=O) groups excluding carboxylic acids is 2. The van der Waals surface area contributed by atoms with E-state index in [0.717, 1.165) is 16.0 Å². The summed E-state index contributed by atoms with van der Waals surface area (Å²) in [6.07, 6.45) is 0. The number of methoxy groups -OCH3 is 2. The van der Waals surface area contributed by atoms with E-state index in [1.54, 1.807) is 20.3 Å². The minimum atomic E-state index is -0.742. The van der Waals surface area contributed by atoms with Crippen molar-refractivity contribution in [3.63, 3.8) is 0 Å². The van der Waals surface area contributed by atoms with Crippen LogP contribution in [-0.4, -0.2) is 61.1 Å². The van der Waals surface area contributed by atoms with E-state index in [1.165, 1.54) is 18.7 Å². The van der Waals surface area contributed by atoms with Gasteiger partial charge in [0.25, 0.3) is 0 Å². The number of nitrogens with one attached hydrogen (secondary N) is 2. The molecule has 0 aliphatic carbocycles. The molecule has 0 aliphatic heterocycles. The van der Waals surface area contributed by atoms with E-state index in [9.17, 15) is 9.59 Å². The standard InChI is InChI=1S/C19H25N3O5S/c1-11-9-16(17-14(26-3)5-6-15(27-4)18(17)21-11)28-10-13(22-12(2)24)19(25)20-7-8-23/h5-6,9,13,23H,7-8,10H2,1-4H3,(H,20,25)(H,22,24). The molecular formula is C19H25N3O5S. The smallest absolute Gasteiger partial charge is 0.243 e. The summed E-state index contributed by atoms with van der Waals surface area (Å²) in [6, 6.07) is 4.77. The zero-order valence-electron chi connectivity index (χ0n) is 16.4. The van der Waals surface area contributed by atoms with Gasteiger partial charge in [-0.05, 0) is 25.1 Å². The van der Waals surface area contributed by atoms with E-state index in [2.05, 4.69) is 15.6 Å². The Bertz CT molecular complexity index is 859. The molecule has 2 rings (SSSR count). The first-order chi connectivity index (χ1) is 13.4. The fraction of sp³-hybridized carbons (Fsp3) is 0.421. The van der Waals surface area contributed by atoms with Gasteiger partial charge in [-0.15, -0.1) is 11.8 Å². The molecule has 0 aliphatic rings. The molecule has 0 saturated carbocycles. The molecule has 1 unspecified atom stereocenters. The number of hydrogen-bond acceptors (Lipinski definition) is 7. The number of aliphatic hydroxyl groups excluding tert-OH is 1. The lowest BCUT2D eigenvalue weighted by molar-refractivity contribution is -0.127. The summed E-state index contributed by atoms with van der Waals surface area (Å²) >= 11 is 1.41. The molecule has 1 aromatic heterocycles. The molecule has 0 bridgehead atoms. The maximum atomic E-state index is 12.3. The van der Waals surface area contributed by atoms with Crippen LogP contribution in [0.4, 0.5) is 0 Å². The number of nitrogens with zero attached hydrogens (tertiary/aromatic N) is 1. The average molecular weight is 407 g/mol. The van der Waals surface area contributed by atoms with Gasteiger partial charge >= 0.3 is 0 Å². The molecular weight excluding hydrogens is 382 g/mol. The molecule has 28 heavy (non-hydrogen) atoms. The highest BCUT2D eigenvalue weighted by molar-refractivity contribution is 7.99. The summed E-state index contributed by atoms with van der Waals surface area (Å²) in [5.74, 6) is 0.915. The van der Waals surface area contributed by atoms with Gasteiger partial charge in [0.05, 0.1) is 26.2 Å². The number of fused-ring (bicyclic) bond motifs is 1. The van der Waals surface area contributed by atoms with Gasteiger partial charge in [-0.25, -0.2) is 4.98 Å². The van der Waals surface area contributed by atoms with Gasteiger partial charge in [0.1, 0.15) is 23.1 Å². The van der Waals surface area contributed by atoms with Crippen molar-refractivity contribution in [2.75, 3.05) is 33.1 Å². The third kappa shape index (κ3) is 5.26. The van der Waals surface area contributed by atoms with Crippen LogP contribution in [0.25, 0.3) is 10.9 Å². The van der Waals surface area contributed by atoms with Crippen LogP contribution in [0.3, 0.4) is 0 Å². The summed E-state index contributed by atoms with van der Waals surface area (Å²) in [7, 11) is 3.16. The quantitative estimate of drug-likeness (QED) is 0.537. The largest absolute Gasteiger partial charge is 0.496 e. The minimum Gasteiger partial charge on any atom is -0.496 e. The second kappa shape index (κ2) is 10.1. The highest BCUT2D eigenvalue weighted by atomic mass is 32.2. The topological polar surface area (TPSA) is 110 Å². The van der Waals surface area contributed by atoms with Crippen LogP contribution in [0.1, 0.15) is 12.6 Å². The first-order valence-corrected chi connectivity index (χ1v) is 9.70. The van der Waals surface area contributed by atoms with Crippen LogP contribution in [0.5, 0.6) is 11.5 Å². The lowest BCUT2D eigenvalue weighted by Crippen LogP contribution is -2.48. The summed E-state index contributed by atoms with van der Waals surface area (Å²) < 4.78 is 10.9. The number of aryl methyl sites for hydroxylation is 1. The Morgan fingerprint density at radius 3 is 2.54 bits per heavy atom. The molecule has 1 aromatic carbocycles. The van der Waals surface area contributed by atoms with Gasteiger partial charge in [0, 0.05) is 29.8 Å². The Morgan fingerprint density at radius 2 is 1.93 bits per heavy atom. The molecule has 2 aromatic rings. The third-order valence-corrected chi connectivity index (χ3v) is 5.06. The van der Waals surface area contributed by atoms with Crippen LogP contribution >= 0.6 is 11.8 Å². The molecule has 1 heterocycles. The summed E-state index contributed by atoms with van der Waals surface area (Å²) in [4.78, 5) is 29.2. The molecule has 9 heteroatoms. The highest BCUT2D eigenvalue weighted by Crippen LogP contribution is 2.39. The number of amides is 2. The predicted molar refractivity (Wildman–Crippen MR) is 108 cm³/mol. The van der Waals surface area contributed by atoms with Crippen molar-refractivity contribution in [2.24, 2.45) is 0 Å². The number of ether oxygens (including phenoxy) is 2. The zero-order chi connectivity index (χ0) is 20.7. The molecule has 3 N–H and O–H groups in total. The molecule has 0 spiro atoms. The minimum absolute atomic E-state index is 0.127. The lowest BCUT2D eigenvalue weighted by atomic mass is 10.1. The number of hydrogen-bond donors (Lipinski definition) is 3. The highest BCUT2D eigenvalue weighted by Gasteiger charge is 2.21. The monoisotopic (exact) mass is 407 g/mol. The van der Waals surface area contributed by atoms with Crippen LogP contribution in [0.15, 0.2) is 23.1 Å². The van der Waals surface area contributed by atoms with Crippen LogP contribution in [-0.2, 0) is 9.59 Å². The summed E-state index contributed by atoms with van der Waals surface area (Å²) in [6.45, 7) is 3.19. The van der Waals surface area contributed by atoms with E-state index >= 15 is 0 Å². The lowest BCUT2D eigenvalue weighted by Gasteiger charge is -2.18. The fourth-order valence-corrected chi connectivity index (χ4v) is 3.90. The molecule has 0 radical (unpaired) electrons. The normalized spacial score (nSPS) is 11.8. The number of benzene rings is 1. The van der Waals surface area contributed by atoms with Crippen molar-refractivity contribution in [3.05, 3.63) is 23.9 Å². The third-order valence-electron chi connectivity index (χ3n) is 3.93. The van der Waals surface area contributed by atoms with Crippen molar-refractivity contribution < 1.29 is 24.2 Å². The van der Waals surface area contributed by atoms with Crippen LogP contribution in [0.2, 0.25) is 0 Å². The number of aliphatic hydroxyl groups is 1. The van der Waals surface area contributed by atoms with Crippen LogP contribution < -0.4 is 20.1 Å². The maximum absolute atomic E-state index is 12.3. The second-order valence-corrected chi connectivity index (χ2v) is 7.10. The molecule has 0 fully saturated rings.